The van der Waals surface area contributed by atoms with E-state index in [0.29, 0.717) is 16.3 Å². The molecule has 5 nitrogen and oxygen atoms in total. The van der Waals surface area contributed by atoms with Crippen molar-refractivity contribution in [3.8, 4) is 0 Å². The lowest BCUT2D eigenvalue weighted by Gasteiger charge is -2.09. The van der Waals surface area contributed by atoms with Crippen LogP contribution in [0.5, 0.6) is 0 Å². The second-order valence-electron chi connectivity index (χ2n) is 4.86. The van der Waals surface area contributed by atoms with E-state index in [9.17, 15) is 14.4 Å². The zero-order valence-corrected chi connectivity index (χ0v) is 12.3. The van der Waals surface area contributed by atoms with Crippen LogP contribution in [0, 0.1) is 0 Å². The zero-order chi connectivity index (χ0) is 15.9. The fourth-order valence-electron chi connectivity index (χ4n) is 2.33. The Bertz CT molecular complexity index is 817. The van der Waals surface area contributed by atoms with Gasteiger partial charge >= 0.3 is 0 Å². The standard InChI is InChI=1S/C16H11ClN2O3/c1-19-15(21)11-6-3-7-12(13(11)16(19)22)18-14(20)9-4-2-5-10(17)8-9/h2-8H,1H3,(H,18,20). The minimum atomic E-state index is -0.429. The second-order valence-corrected chi connectivity index (χ2v) is 5.30. The van der Waals surface area contributed by atoms with Gasteiger partial charge in [0.2, 0.25) is 0 Å². The molecule has 0 aromatic heterocycles. The van der Waals surface area contributed by atoms with Crippen LogP contribution in [0.15, 0.2) is 42.5 Å². The van der Waals surface area contributed by atoms with Crippen molar-refractivity contribution in [1.29, 1.82) is 0 Å². The fourth-order valence-corrected chi connectivity index (χ4v) is 2.52. The highest BCUT2D eigenvalue weighted by Gasteiger charge is 2.35. The summed E-state index contributed by atoms with van der Waals surface area (Å²) in [4.78, 5) is 37.4. The number of halogens is 1. The van der Waals surface area contributed by atoms with Gasteiger partial charge in [0, 0.05) is 17.6 Å². The van der Waals surface area contributed by atoms with Gasteiger partial charge in [-0.2, -0.15) is 0 Å². The Balaban J connectivity index is 1.97. The zero-order valence-electron chi connectivity index (χ0n) is 11.6. The molecule has 0 unspecified atom stereocenters. The van der Waals surface area contributed by atoms with Crippen molar-refractivity contribution in [2.75, 3.05) is 12.4 Å². The van der Waals surface area contributed by atoms with Crippen LogP contribution in [0.4, 0.5) is 5.69 Å². The first-order valence-electron chi connectivity index (χ1n) is 6.51. The number of anilines is 1. The number of rotatable bonds is 2. The lowest BCUT2D eigenvalue weighted by molar-refractivity contribution is 0.0693. The van der Waals surface area contributed by atoms with E-state index in [4.69, 9.17) is 11.6 Å². The van der Waals surface area contributed by atoms with E-state index >= 15 is 0 Å². The van der Waals surface area contributed by atoms with Gasteiger partial charge in [-0.25, -0.2) is 0 Å². The minimum absolute atomic E-state index is 0.213. The largest absolute Gasteiger partial charge is 0.321 e. The molecule has 0 saturated carbocycles. The lowest BCUT2D eigenvalue weighted by atomic mass is 10.1. The summed E-state index contributed by atoms with van der Waals surface area (Å²) < 4.78 is 0. The Morgan fingerprint density at radius 1 is 1.09 bits per heavy atom. The lowest BCUT2D eigenvalue weighted by Crippen LogP contribution is -2.24. The van der Waals surface area contributed by atoms with E-state index in [-0.39, 0.29) is 17.0 Å². The van der Waals surface area contributed by atoms with E-state index in [0.717, 1.165) is 4.90 Å². The van der Waals surface area contributed by atoms with Crippen LogP contribution >= 0.6 is 11.6 Å². The van der Waals surface area contributed by atoms with Gasteiger partial charge in [0.1, 0.15) is 0 Å². The Hall–Kier alpha value is -2.66. The van der Waals surface area contributed by atoms with Crippen LogP contribution in [-0.4, -0.2) is 29.7 Å². The predicted octanol–water partition coefficient (Wildman–Crippen LogP) is 2.82. The third kappa shape index (κ3) is 2.25. The third-order valence-corrected chi connectivity index (χ3v) is 3.69. The molecule has 0 atom stereocenters. The highest BCUT2D eigenvalue weighted by molar-refractivity contribution is 6.31. The molecular formula is C16H11ClN2O3. The molecular weight excluding hydrogens is 304 g/mol. The molecule has 22 heavy (non-hydrogen) atoms. The van der Waals surface area contributed by atoms with E-state index in [1.54, 1.807) is 36.4 Å². The van der Waals surface area contributed by atoms with Gasteiger partial charge in [-0.15, -0.1) is 0 Å². The monoisotopic (exact) mass is 314 g/mol. The van der Waals surface area contributed by atoms with Gasteiger partial charge in [-0.3, -0.25) is 19.3 Å². The summed E-state index contributed by atoms with van der Waals surface area (Å²) in [7, 11) is 1.41. The Kier molecular flexibility index (Phi) is 3.42. The summed E-state index contributed by atoms with van der Waals surface area (Å²) in [5, 5.41) is 3.10. The molecule has 0 bridgehead atoms. The summed E-state index contributed by atoms with van der Waals surface area (Å²) in [6.07, 6.45) is 0. The first-order valence-corrected chi connectivity index (χ1v) is 6.89. The van der Waals surface area contributed by atoms with Crippen molar-refractivity contribution >= 4 is 35.0 Å². The maximum atomic E-state index is 12.3. The maximum absolute atomic E-state index is 12.3. The number of nitrogens with one attached hydrogen (secondary N) is 1. The SMILES string of the molecule is CN1C(=O)c2cccc(NC(=O)c3cccc(Cl)c3)c2C1=O. The van der Waals surface area contributed by atoms with Crippen LogP contribution in [0.1, 0.15) is 31.1 Å². The fraction of sp³-hybridized carbons (Fsp3) is 0.0625. The van der Waals surface area contributed by atoms with E-state index in [2.05, 4.69) is 5.32 Å². The van der Waals surface area contributed by atoms with Crippen LogP contribution in [0.2, 0.25) is 5.02 Å². The quantitative estimate of drug-likeness (QED) is 0.867. The second kappa shape index (κ2) is 5.27. The highest BCUT2D eigenvalue weighted by atomic mass is 35.5. The van der Waals surface area contributed by atoms with E-state index in [1.165, 1.54) is 13.1 Å². The summed E-state index contributed by atoms with van der Waals surface area (Å²) in [6, 6.07) is 11.2. The number of fused-ring (bicyclic) bond motifs is 1. The molecule has 3 rings (SSSR count). The van der Waals surface area contributed by atoms with Gasteiger partial charge < -0.3 is 5.32 Å². The highest BCUT2D eigenvalue weighted by Crippen LogP contribution is 2.28. The smallest absolute Gasteiger partial charge is 0.263 e. The number of nitrogens with zero attached hydrogens (tertiary/aromatic N) is 1. The summed E-state index contributed by atoms with van der Waals surface area (Å²) in [6.45, 7) is 0. The van der Waals surface area contributed by atoms with Crippen molar-refractivity contribution < 1.29 is 14.4 Å². The van der Waals surface area contributed by atoms with Crippen molar-refractivity contribution in [3.63, 3.8) is 0 Å². The number of hydrogen-bond acceptors (Lipinski definition) is 3. The van der Waals surface area contributed by atoms with Gasteiger partial charge in [0.25, 0.3) is 17.7 Å². The molecule has 1 heterocycles. The summed E-state index contributed by atoms with van der Waals surface area (Å²) in [5.74, 6) is -1.20. The van der Waals surface area contributed by atoms with Crippen LogP contribution < -0.4 is 5.32 Å². The number of hydrogen-bond donors (Lipinski definition) is 1. The van der Waals surface area contributed by atoms with Gasteiger partial charge in [0.05, 0.1) is 16.8 Å². The van der Waals surface area contributed by atoms with Gasteiger partial charge in [0.15, 0.2) is 0 Å². The Morgan fingerprint density at radius 2 is 1.82 bits per heavy atom. The molecule has 6 heteroatoms. The average Bonchev–Trinajstić information content (AvgIpc) is 2.73. The summed E-state index contributed by atoms with van der Waals surface area (Å²) in [5.41, 5.74) is 1.18. The molecule has 0 radical (unpaired) electrons. The number of carbonyl (C=O) groups excluding carboxylic acids is 3. The molecule has 2 aromatic rings. The molecule has 0 spiro atoms. The Labute approximate surface area is 131 Å². The molecule has 110 valence electrons. The number of carbonyl (C=O) groups is 3. The van der Waals surface area contributed by atoms with Crippen molar-refractivity contribution in [1.82, 2.24) is 4.90 Å². The number of amides is 3. The molecule has 0 saturated heterocycles. The van der Waals surface area contributed by atoms with Crippen LogP contribution in [0.25, 0.3) is 0 Å². The number of imide groups is 1. The molecule has 0 fully saturated rings. The molecule has 2 aromatic carbocycles. The minimum Gasteiger partial charge on any atom is -0.321 e. The van der Waals surface area contributed by atoms with Crippen molar-refractivity contribution in [3.05, 3.63) is 64.2 Å². The van der Waals surface area contributed by atoms with Crippen molar-refractivity contribution in [2.24, 2.45) is 0 Å². The maximum Gasteiger partial charge on any atom is 0.263 e. The van der Waals surface area contributed by atoms with E-state index < -0.39 is 11.8 Å². The summed E-state index contributed by atoms with van der Waals surface area (Å²) >= 11 is 5.86. The first kappa shape index (κ1) is 14.3. The normalized spacial score (nSPS) is 13.3. The molecule has 1 aliphatic rings. The number of benzene rings is 2. The molecule has 0 aliphatic carbocycles. The van der Waals surface area contributed by atoms with Crippen LogP contribution in [0.3, 0.4) is 0 Å². The third-order valence-electron chi connectivity index (χ3n) is 3.45. The topological polar surface area (TPSA) is 66.5 Å². The molecule has 1 N–H and O–H groups in total. The van der Waals surface area contributed by atoms with Crippen LogP contribution in [-0.2, 0) is 0 Å². The van der Waals surface area contributed by atoms with Gasteiger partial charge in [-0.1, -0.05) is 23.7 Å². The van der Waals surface area contributed by atoms with Crippen molar-refractivity contribution in [2.45, 2.75) is 0 Å². The molecule has 3 amide bonds. The van der Waals surface area contributed by atoms with E-state index in [1.807, 2.05) is 0 Å². The Morgan fingerprint density at radius 3 is 2.55 bits per heavy atom. The molecule has 1 aliphatic heterocycles. The first-order chi connectivity index (χ1) is 10.5. The predicted molar refractivity (Wildman–Crippen MR) is 82.3 cm³/mol. The average molecular weight is 315 g/mol. The van der Waals surface area contributed by atoms with Gasteiger partial charge in [-0.05, 0) is 30.3 Å².